The van der Waals surface area contributed by atoms with Crippen LogP contribution in [0.25, 0.3) is 0 Å². The molecular formula is C8H12F10N2Si. The molecule has 0 aromatic carbocycles. The second kappa shape index (κ2) is 5.26. The van der Waals surface area contributed by atoms with Crippen molar-refractivity contribution in [2.24, 2.45) is 0 Å². The van der Waals surface area contributed by atoms with Gasteiger partial charge in [0, 0.05) is 0 Å². The maximum absolute atomic E-state index is 13.7. The summed E-state index contributed by atoms with van der Waals surface area (Å²) in [6.07, 6.45) is -13.1. The molecule has 0 aliphatic rings. The molecule has 0 atom stereocenters. The van der Waals surface area contributed by atoms with Crippen LogP contribution in [0.1, 0.15) is 0 Å². The van der Waals surface area contributed by atoms with E-state index in [1.807, 2.05) is 0 Å². The highest BCUT2D eigenvalue weighted by Gasteiger charge is 2.89. The van der Waals surface area contributed by atoms with Gasteiger partial charge in [0.1, 0.15) is 0 Å². The van der Waals surface area contributed by atoms with Gasteiger partial charge < -0.3 is 9.13 Å². The minimum absolute atomic E-state index is 0.339. The van der Waals surface area contributed by atoms with E-state index in [1.165, 1.54) is 0 Å². The van der Waals surface area contributed by atoms with Crippen molar-refractivity contribution in [2.75, 3.05) is 28.2 Å². The van der Waals surface area contributed by atoms with Crippen LogP contribution in [0.3, 0.4) is 0 Å². The van der Waals surface area contributed by atoms with Gasteiger partial charge in [-0.25, -0.2) is 0 Å². The maximum Gasteiger partial charge on any atom is 0.452 e. The highest BCUT2D eigenvalue weighted by molar-refractivity contribution is 6.79. The van der Waals surface area contributed by atoms with Crippen LogP contribution >= 0.6 is 0 Å². The van der Waals surface area contributed by atoms with Crippen molar-refractivity contribution in [3.8, 4) is 0 Å². The summed E-state index contributed by atoms with van der Waals surface area (Å²) < 4.78 is 129. The summed E-state index contributed by atoms with van der Waals surface area (Å²) in [6, 6.07) is 0. The Bertz CT molecular complexity index is 336. The fourth-order valence-corrected chi connectivity index (χ4v) is 6.35. The quantitative estimate of drug-likeness (QED) is 0.566. The van der Waals surface area contributed by atoms with E-state index in [4.69, 9.17) is 0 Å². The van der Waals surface area contributed by atoms with Crippen molar-refractivity contribution < 1.29 is 43.9 Å². The third-order valence-electron chi connectivity index (χ3n) is 2.88. The SMILES string of the molecule is CN(C)[Si](N(C)C)(C(F)(F)C(F)(F)F)C(F)(F)C(F)(F)F. The summed E-state index contributed by atoms with van der Waals surface area (Å²) in [5, 5.41) is 0. The Kier molecular flexibility index (Phi) is 5.12. The van der Waals surface area contributed by atoms with E-state index in [0.29, 0.717) is 28.2 Å². The Morgan fingerprint density at radius 3 is 0.810 bits per heavy atom. The highest BCUT2D eigenvalue weighted by Crippen LogP contribution is 2.54. The summed E-state index contributed by atoms with van der Waals surface area (Å²) >= 11 is 0. The molecule has 0 aromatic rings. The lowest BCUT2D eigenvalue weighted by Gasteiger charge is -2.50. The third kappa shape index (κ3) is 2.63. The summed E-state index contributed by atoms with van der Waals surface area (Å²) in [6.45, 7) is 0. The summed E-state index contributed by atoms with van der Waals surface area (Å²) in [4.78, 5) is 0. The zero-order valence-electron chi connectivity index (χ0n) is 11.2. The van der Waals surface area contributed by atoms with Gasteiger partial charge in [-0.15, -0.1) is 0 Å². The van der Waals surface area contributed by atoms with Gasteiger partial charge in [0.15, 0.2) is 0 Å². The average molecular weight is 354 g/mol. The van der Waals surface area contributed by atoms with Crippen LogP contribution in [0.5, 0.6) is 0 Å². The topological polar surface area (TPSA) is 6.48 Å². The molecular weight excluding hydrogens is 342 g/mol. The van der Waals surface area contributed by atoms with Gasteiger partial charge >= 0.3 is 31.8 Å². The van der Waals surface area contributed by atoms with Gasteiger partial charge in [0.05, 0.1) is 0 Å². The lowest BCUT2D eigenvalue weighted by Crippen LogP contribution is -2.86. The molecule has 0 fully saturated rings. The number of rotatable bonds is 4. The molecule has 0 aliphatic carbocycles. The van der Waals surface area contributed by atoms with E-state index in [1.54, 1.807) is 0 Å². The van der Waals surface area contributed by atoms with E-state index >= 15 is 0 Å². The maximum atomic E-state index is 13.7. The standard InChI is InChI=1S/C8H12F10N2Si/c1-19(2)21(20(3)4,7(15,16)5(9,10)11)8(17,18)6(12,13)14/h1-4H3. The van der Waals surface area contributed by atoms with Gasteiger partial charge in [-0.1, -0.05) is 0 Å². The minimum atomic E-state index is -6.93. The van der Waals surface area contributed by atoms with Crippen LogP contribution in [0.4, 0.5) is 43.9 Å². The molecule has 0 aromatic heterocycles. The molecule has 2 nitrogen and oxygen atoms in total. The van der Waals surface area contributed by atoms with Crippen molar-refractivity contribution in [2.45, 2.75) is 23.4 Å². The van der Waals surface area contributed by atoms with Crippen molar-refractivity contribution in [1.29, 1.82) is 0 Å². The van der Waals surface area contributed by atoms with Crippen LogP contribution in [0.2, 0.25) is 0 Å². The number of nitrogens with zero attached hydrogens (tertiary/aromatic N) is 2. The van der Waals surface area contributed by atoms with E-state index in [0.717, 1.165) is 0 Å². The first-order valence-electron chi connectivity index (χ1n) is 5.13. The van der Waals surface area contributed by atoms with Crippen LogP contribution in [-0.2, 0) is 0 Å². The zero-order valence-corrected chi connectivity index (χ0v) is 12.2. The molecule has 21 heavy (non-hydrogen) atoms. The molecule has 0 unspecified atom stereocenters. The molecule has 0 saturated carbocycles. The molecule has 0 N–H and O–H groups in total. The smallest absolute Gasteiger partial charge is 0.308 e. The van der Waals surface area contributed by atoms with Gasteiger partial charge in [-0.3, -0.25) is 0 Å². The second-order valence-corrected chi connectivity index (χ2v) is 8.99. The Morgan fingerprint density at radius 1 is 0.524 bits per heavy atom. The number of halogens is 10. The van der Waals surface area contributed by atoms with E-state index in [2.05, 4.69) is 0 Å². The Hall–Kier alpha value is -0.563. The second-order valence-electron chi connectivity index (χ2n) is 4.61. The first-order valence-corrected chi connectivity index (χ1v) is 7.02. The molecule has 13 heteroatoms. The number of hydrogen-bond acceptors (Lipinski definition) is 2. The average Bonchev–Trinajstić information content (AvgIpc) is 2.11. The predicted octanol–water partition coefficient (Wildman–Crippen LogP) is 3.03. The van der Waals surface area contributed by atoms with E-state index in [9.17, 15) is 43.9 Å². The van der Waals surface area contributed by atoms with Gasteiger partial charge in [0.25, 0.3) is 0 Å². The van der Waals surface area contributed by atoms with Crippen molar-refractivity contribution in [3.05, 3.63) is 0 Å². The molecule has 0 rings (SSSR count). The molecule has 128 valence electrons. The minimum Gasteiger partial charge on any atom is -0.308 e. The third-order valence-corrected chi connectivity index (χ3v) is 7.79. The molecule has 0 saturated heterocycles. The first kappa shape index (κ1) is 20.4. The largest absolute Gasteiger partial charge is 0.452 e. The normalized spacial score (nSPS) is 16.0. The van der Waals surface area contributed by atoms with Crippen LogP contribution in [0, 0.1) is 0 Å². The Labute approximate surface area is 114 Å². The molecule has 0 spiro atoms. The van der Waals surface area contributed by atoms with Gasteiger partial charge in [-0.05, 0) is 28.2 Å². The van der Waals surface area contributed by atoms with Crippen LogP contribution in [-0.4, -0.2) is 69.2 Å². The molecule has 0 bridgehead atoms. The fraction of sp³-hybridized carbons (Fsp3) is 1.00. The van der Waals surface area contributed by atoms with E-state index < -0.39 is 31.8 Å². The lowest BCUT2D eigenvalue weighted by atomic mass is 10.7. The van der Waals surface area contributed by atoms with Crippen molar-refractivity contribution >= 4 is 8.40 Å². The van der Waals surface area contributed by atoms with Crippen LogP contribution < -0.4 is 0 Å². The van der Waals surface area contributed by atoms with Crippen LogP contribution in [0.15, 0.2) is 0 Å². The van der Waals surface area contributed by atoms with Crippen molar-refractivity contribution in [3.63, 3.8) is 0 Å². The van der Waals surface area contributed by atoms with Gasteiger partial charge in [0.2, 0.25) is 0 Å². The Morgan fingerprint density at radius 2 is 0.714 bits per heavy atom. The lowest BCUT2D eigenvalue weighted by molar-refractivity contribution is -0.285. The summed E-state index contributed by atoms with van der Waals surface area (Å²) in [5.41, 5.74) is -12.5. The van der Waals surface area contributed by atoms with Crippen molar-refractivity contribution in [1.82, 2.24) is 9.13 Å². The molecule has 0 amide bonds. The summed E-state index contributed by atoms with van der Waals surface area (Å²) in [5.74, 6) is 0. The number of alkyl halides is 10. The predicted molar refractivity (Wildman–Crippen MR) is 55.1 cm³/mol. The molecule has 0 aliphatic heterocycles. The monoisotopic (exact) mass is 354 g/mol. The number of hydrogen-bond donors (Lipinski definition) is 0. The summed E-state index contributed by atoms with van der Waals surface area (Å²) in [7, 11) is -5.57. The first-order chi connectivity index (χ1) is 8.89. The highest BCUT2D eigenvalue weighted by atomic mass is 28.4. The van der Waals surface area contributed by atoms with Gasteiger partial charge in [-0.2, -0.15) is 43.9 Å². The zero-order chi connectivity index (χ0) is 17.7. The fourth-order valence-electron chi connectivity index (χ4n) is 2.12. The molecule has 0 heterocycles. The van der Waals surface area contributed by atoms with E-state index in [-0.39, 0.29) is 9.13 Å². The Balaban J connectivity index is 6.72. The molecule has 0 radical (unpaired) electrons.